The molecule has 4 rings (SSSR count). The van der Waals surface area contributed by atoms with Gasteiger partial charge in [0.15, 0.2) is 5.43 Å². The second-order valence-electron chi connectivity index (χ2n) is 6.80. The predicted molar refractivity (Wildman–Crippen MR) is 119 cm³/mol. The maximum atomic E-state index is 13.0. The van der Waals surface area contributed by atoms with Crippen LogP contribution in [0.15, 0.2) is 88.3 Å². The fourth-order valence-corrected chi connectivity index (χ4v) is 3.37. The smallest absolute Gasteiger partial charge is 0.352 e. The van der Waals surface area contributed by atoms with Gasteiger partial charge in [-0.15, -0.1) is 0 Å². The normalized spacial score (nSPS) is 11.8. The Hall–Kier alpha value is -3.57. The summed E-state index contributed by atoms with van der Waals surface area (Å²) in [5.74, 6) is -0.106. The summed E-state index contributed by atoms with van der Waals surface area (Å²) < 4.78 is 16.8. The summed E-state index contributed by atoms with van der Waals surface area (Å²) in [4.78, 5) is 25.4. The third kappa shape index (κ3) is 4.47. The van der Waals surface area contributed by atoms with Gasteiger partial charge in [-0.05, 0) is 36.8 Å². The molecule has 156 valence electrons. The Balaban J connectivity index is 1.68. The van der Waals surface area contributed by atoms with Crippen LogP contribution in [-0.4, -0.2) is 12.6 Å². The van der Waals surface area contributed by atoms with Crippen molar-refractivity contribution in [3.8, 4) is 16.9 Å². The Kier molecular flexibility index (Phi) is 6.05. The minimum atomic E-state index is -0.932. The van der Waals surface area contributed by atoms with E-state index < -0.39 is 12.1 Å². The highest BCUT2D eigenvalue weighted by Gasteiger charge is 2.24. The summed E-state index contributed by atoms with van der Waals surface area (Å²) in [6.45, 7) is 1.98. The Morgan fingerprint density at radius 1 is 1.03 bits per heavy atom. The summed E-state index contributed by atoms with van der Waals surface area (Å²) >= 11 is 5.93. The lowest BCUT2D eigenvalue weighted by molar-refractivity contribution is -0.151. The van der Waals surface area contributed by atoms with Crippen molar-refractivity contribution in [2.75, 3.05) is 6.61 Å². The van der Waals surface area contributed by atoms with E-state index in [0.29, 0.717) is 38.4 Å². The molecule has 0 N–H and O–H groups in total. The van der Waals surface area contributed by atoms with Crippen molar-refractivity contribution in [2.24, 2.45) is 0 Å². The largest absolute Gasteiger partial charge is 0.474 e. The van der Waals surface area contributed by atoms with E-state index >= 15 is 0 Å². The molecule has 0 amide bonds. The molecule has 1 atom stereocenters. The first-order valence-electron chi connectivity index (χ1n) is 9.76. The number of benzene rings is 3. The zero-order valence-corrected chi connectivity index (χ0v) is 17.5. The highest BCUT2D eigenvalue weighted by Crippen LogP contribution is 2.28. The van der Waals surface area contributed by atoms with Crippen LogP contribution in [0.5, 0.6) is 5.75 Å². The Morgan fingerprint density at radius 2 is 1.77 bits per heavy atom. The molecule has 1 unspecified atom stereocenters. The molecule has 0 aliphatic carbocycles. The maximum absolute atomic E-state index is 13.0. The van der Waals surface area contributed by atoms with Crippen LogP contribution in [0.2, 0.25) is 5.02 Å². The van der Waals surface area contributed by atoms with Gasteiger partial charge in [0.05, 0.1) is 17.6 Å². The van der Waals surface area contributed by atoms with Crippen LogP contribution in [0.1, 0.15) is 18.6 Å². The Morgan fingerprint density at radius 3 is 2.48 bits per heavy atom. The number of ether oxygens (including phenoxy) is 2. The number of fused-ring (bicyclic) bond motifs is 1. The van der Waals surface area contributed by atoms with Crippen LogP contribution >= 0.6 is 11.6 Å². The second kappa shape index (κ2) is 9.06. The summed E-state index contributed by atoms with van der Waals surface area (Å²) in [7, 11) is 0. The van der Waals surface area contributed by atoms with Crippen LogP contribution in [0.3, 0.4) is 0 Å². The minimum Gasteiger partial charge on any atom is -0.474 e. The molecule has 0 aliphatic rings. The van der Waals surface area contributed by atoms with Gasteiger partial charge in [-0.2, -0.15) is 0 Å². The molecule has 0 radical (unpaired) electrons. The van der Waals surface area contributed by atoms with Crippen LogP contribution in [0.25, 0.3) is 22.1 Å². The van der Waals surface area contributed by atoms with Gasteiger partial charge in [0.1, 0.15) is 17.6 Å². The Labute approximate surface area is 183 Å². The lowest BCUT2D eigenvalue weighted by atomic mass is 10.1. The van der Waals surface area contributed by atoms with Gasteiger partial charge in [-0.1, -0.05) is 54.1 Å². The van der Waals surface area contributed by atoms with E-state index in [2.05, 4.69) is 0 Å². The van der Waals surface area contributed by atoms with Crippen molar-refractivity contribution in [3.63, 3.8) is 0 Å². The predicted octanol–water partition coefficient (Wildman–Crippen LogP) is 5.80. The summed E-state index contributed by atoms with van der Waals surface area (Å²) in [6.07, 6.45) is 0.483. The Bertz CT molecular complexity index is 1260. The first-order chi connectivity index (χ1) is 15.1. The van der Waals surface area contributed by atoms with Crippen LogP contribution in [0, 0.1) is 0 Å². The first kappa shape index (κ1) is 20.7. The number of rotatable bonds is 6. The molecular weight excluding hydrogens is 416 g/mol. The average Bonchev–Trinajstić information content (AvgIpc) is 2.79. The van der Waals surface area contributed by atoms with E-state index in [-0.39, 0.29) is 12.0 Å². The van der Waals surface area contributed by atoms with Crippen molar-refractivity contribution < 1.29 is 18.7 Å². The van der Waals surface area contributed by atoms with Crippen molar-refractivity contribution in [2.45, 2.75) is 13.0 Å². The van der Waals surface area contributed by atoms with E-state index in [1.54, 1.807) is 61.5 Å². The van der Waals surface area contributed by atoms with E-state index in [1.807, 2.05) is 18.2 Å². The molecule has 0 aliphatic heterocycles. The van der Waals surface area contributed by atoms with Gasteiger partial charge in [0, 0.05) is 16.7 Å². The zero-order valence-electron chi connectivity index (χ0n) is 16.7. The van der Waals surface area contributed by atoms with Crippen molar-refractivity contribution in [3.05, 3.63) is 99.9 Å². The fourth-order valence-electron chi connectivity index (χ4n) is 3.24. The molecule has 0 fully saturated rings. The maximum Gasteiger partial charge on any atom is 0.352 e. The fraction of sp³-hybridized carbons (Fsp3) is 0.120. The van der Waals surface area contributed by atoms with E-state index in [0.717, 1.165) is 0 Å². The number of halogens is 1. The number of hydrogen-bond acceptors (Lipinski definition) is 5. The molecule has 4 aromatic rings. The molecule has 5 nitrogen and oxygen atoms in total. The number of carbonyl (C=O) groups excluding carboxylic acids is 1. The highest BCUT2D eigenvalue weighted by molar-refractivity contribution is 6.30. The van der Waals surface area contributed by atoms with Crippen LogP contribution in [0.4, 0.5) is 0 Å². The van der Waals surface area contributed by atoms with Gasteiger partial charge in [0.2, 0.25) is 6.10 Å². The molecule has 0 saturated carbocycles. The average molecular weight is 435 g/mol. The summed E-state index contributed by atoms with van der Waals surface area (Å²) in [5.41, 5.74) is 2.01. The van der Waals surface area contributed by atoms with E-state index in [1.165, 1.54) is 6.26 Å². The minimum absolute atomic E-state index is 0.167. The molecule has 31 heavy (non-hydrogen) atoms. The molecule has 0 spiro atoms. The van der Waals surface area contributed by atoms with E-state index in [4.69, 9.17) is 25.5 Å². The highest BCUT2D eigenvalue weighted by atomic mass is 35.5. The number of hydrogen-bond donors (Lipinski definition) is 0. The van der Waals surface area contributed by atoms with Gasteiger partial charge in [-0.3, -0.25) is 4.79 Å². The van der Waals surface area contributed by atoms with Gasteiger partial charge in [0.25, 0.3) is 0 Å². The van der Waals surface area contributed by atoms with Crippen LogP contribution < -0.4 is 10.2 Å². The SMILES string of the molecule is CCOC(=O)C(Oc1ccc2c(=O)c(-c3ccc(Cl)cc3)coc2c1)c1ccccc1. The molecule has 1 heterocycles. The molecular formula is C25H19ClO5. The molecule has 3 aromatic carbocycles. The van der Waals surface area contributed by atoms with Gasteiger partial charge >= 0.3 is 5.97 Å². The molecule has 0 bridgehead atoms. The van der Waals surface area contributed by atoms with Gasteiger partial charge < -0.3 is 13.9 Å². The second-order valence-corrected chi connectivity index (χ2v) is 7.24. The van der Waals surface area contributed by atoms with Crippen molar-refractivity contribution in [1.29, 1.82) is 0 Å². The number of carbonyl (C=O) groups is 1. The van der Waals surface area contributed by atoms with Crippen molar-refractivity contribution >= 4 is 28.5 Å². The zero-order chi connectivity index (χ0) is 21.8. The lowest BCUT2D eigenvalue weighted by Crippen LogP contribution is -2.21. The summed E-state index contributed by atoms with van der Waals surface area (Å²) in [5, 5.41) is 0.998. The molecule has 1 aromatic heterocycles. The third-order valence-electron chi connectivity index (χ3n) is 4.76. The first-order valence-corrected chi connectivity index (χ1v) is 10.1. The quantitative estimate of drug-likeness (QED) is 0.359. The lowest BCUT2D eigenvalue weighted by Gasteiger charge is -2.18. The molecule has 0 saturated heterocycles. The topological polar surface area (TPSA) is 65.7 Å². The third-order valence-corrected chi connectivity index (χ3v) is 5.01. The standard InChI is InChI=1S/C25H19ClO5/c1-2-29-25(28)24(17-6-4-3-5-7-17)31-19-12-13-20-22(14-19)30-15-21(23(20)27)16-8-10-18(26)11-9-16/h3-15,24H,2H2,1H3. The van der Waals surface area contributed by atoms with Gasteiger partial charge in [-0.25, -0.2) is 4.79 Å². The van der Waals surface area contributed by atoms with Crippen LogP contribution in [-0.2, 0) is 9.53 Å². The number of esters is 1. The van der Waals surface area contributed by atoms with E-state index in [9.17, 15) is 9.59 Å². The molecule has 6 heteroatoms. The summed E-state index contributed by atoms with van der Waals surface area (Å²) in [6, 6.07) is 20.9. The monoisotopic (exact) mass is 434 g/mol. The van der Waals surface area contributed by atoms with Crippen molar-refractivity contribution in [1.82, 2.24) is 0 Å².